The summed E-state index contributed by atoms with van der Waals surface area (Å²) in [5.41, 5.74) is 0.676. The van der Waals surface area contributed by atoms with Gasteiger partial charge in [0.25, 0.3) is 5.91 Å². The van der Waals surface area contributed by atoms with E-state index in [4.69, 9.17) is 4.42 Å². The largest absolute Gasteiger partial charge is 0.438 e. The summed E-state index contributed by atoms with van der Waals surface area (Å²) >= 11 is 0. The highest BCUT2D eigenvalue weighted by Gasteiger charge is 2.39. The van der Waals surface area contributed by atoms with Crippen molar-refractivity contribution in [3.05, 3.63) is 17.8 Å². The molecule has 0 aliphatic carbocycles. The fourth-order valence-electron chi connectivity index (χ4n) is 2.67. The third-order valence-electron chi connectivity index (χ3n) is 3.59. The number of nitrogens with zero attached hydrogens (tertiary/aromatic N) is 2. The number of hydrogen-bond donors (Lipinski definition) is 1. The number of nitrogens with one attached hydrogen (secondary N) is 1. The smallest absolute Gasteiger partial charge is 0.291 e. The van der Waals surface area contributed by atoms with Gasteiger partial charge >= 0.3 is 0 Å². The molecule has 3 rings (SSSR count). The Bertz CT molecular complexity index is 403. The highest BCUT2D eigenvalue weighted by Crippen LogP contribution is 2.26. The van der Waals surface area contributed by atoms with Gasteiger partial charge in [-0.25, -0.2) is 4.98 Å². The quantitative estimate of drug-likeness (QED) is 0.746. The van der Waals surface area contributed by atoms with Crippen molar-refractivity contribution in [3.63, 3.8) is 0 Å². The number of amides is 1. The number of aryl methyl sites for hydroxylation is 1. The number of hydrogen-bond acceptors (Lipinski definition) is 4. The highest BCUT2D eigenvalue weighted by molar-refractivity contribution is 5.92. The number of fused-ring (bicyclic) bond motifs is 1. The van der Waals surface area contributed by atoms with E-state index in [0.717, 1.165) is 19.6 Å². The molecule has 0 radical (unpaired) electrons. The molecule has 5 nitrogen and oxygen atoms in total. The van der Waals surface area contributed by atoms with E-state index in [1.54, 1.807) is 6.92 Å². The molecule has 1 aromatic rings. The van der Waals surface area contributed by atoms with E-state index < -0.39 is 0 Å². The van der Waals surface area contributed by atoms with Gasteiger partial charge in [0.1, 0.15) is 0 Å². The number of oxazole rings is 1. The molecule has 2 saturated heterocycles. The number of aromatic nitrogens is 1. The summed E-state index contributed by atoms with van der Waals surface area (Å²) in [5, 5.41) is 3.42. The number of carbonyl (C=O) groups is 1. The standard InChI is InChI=1S/C11H15N3O2/c1-7-10(16-6-13-7)11(15)14-4-8-2-3-12-9(8)5-14/h6,8-9,12H,2-5H2,1H3. The fraction of sp³-hybridized carbons (Fsp3) is 0.636. The van der Waals surface area contributed by atoms with Gasteiger partial charge in [-0.2, -0.15) is 0 Å². The van der Waals surface area contributed by atoms with Crippen molar-refractivity contribution in [1.82, 2.24) is 15.2 Å². The molecule has 3 heterocycles. The van der Waals surface area contributed by atoms with Gasteiger partial charge in [0, 0.05) is 19.1 Å². The first kappa shape index (κ1) is 9.84. The van der Waals surface area contributed by atoms with Crippen LogP contribution in [-0.2, 0) is 0 Å². The monoisotopic (exact) mass is 221 g/mol. The van der Waals surface area contributed by atoms with Gasteiger partial charge in [0.05, 0.1) is 5.69 Å². The van der Waals surface area contributed by atoms with Crippen LogP contribution in [0.2, 0.25) is 0 Å². The molecule has 2 unspecified atom stereocenters. The SMILES string of the molecule is Cc1ncoc1C(=O)N1CC2CCNC2C1. The Kier molecular flexibility index (Phi) is 2.21. The zero-order valence-electron chi connectivity index (χ0n) is 9.27. The summed E-state index contributed by atoms with van der Waals surface area (Å²) in [5.74, 6) is 0.985. The zero-order chi connectivity index (χ0) is 11.1. The normalized spacial score (nSPS) is 28.4. The van der Waals surface area contributed by atoms with Crippen LogP contribution in [0.15, 0.2) is 10.8 Å². The van der Waals surface area contributed by atoms with Gasteiger partial charge in [-0.1, -0.05) is 0 Å². The lowest BCUT2D eigenvalue weighted by molar-refractivity contribution is 0.0750. The summed E-state index contributed by atoms with van der Waals surface area (Å²) in [7, 11) is 0. The van der Waals surface area contributed by atoms with Crippen molar-refractivity contribution in [3.8, 4) is 0 Å². The van der Waals surface area contributed by atoms with Crippen LogP contribution in [0.3, 0.4) is 0 Å². The predicted molar refractivity (Wildman–Crippen MR) is 57.0 cm³/mol. The van der Waals surface area contributed by atoms with E-state index in [1.807, 2.05) is 4.90 Å². The van der Waals surface area contributed by atoms with Crippen molar-refractivity contribution in [1.29, 1.82) is 0 Å². The third kappa shape index (κ3) is 1.43. The van der Waals surface area contributed by atoms with E-state index >= 15 is 0 Å². The molecule has 0 spiro atoms. The van der Waals surface area contributed by atoms with Crippen molar-refractivity contribution in [2.45, 2.75) is 19.4 Å². The first-order chi connectivity index (χ1) is 7.75. The fourth-order valence-corrected chi connectivity index (χ4v) is 2.67. The molecule has 2 atom stereocenters. The molecule has 5 heteroatoms. The second-order valence-corrected chi connectivity index (χ2v) is 4.59. The van der Waals surface area contributed by atoms with Crippen LogP contribution in [0.5, 0.6) is 0 Å². The van der Waals surface area contributed by atoms with Crippen molar-refractivity contribution < 1.29 is 9.21 Å². The first-order valence-corrected chi connectivity index (χ1v) is 5.68. The lowest BCUT2D eigenvalue weighted by Crippen LogP contribution is -2.34. The summed E-state index contributed by atoms with van der Waals surface area (Å²) in [6, 6.07) is 0.479. The van der Waals surface area contributed by atoms with Crippen LogP contribution in [0.25, 0.3) is 0 Å². The molecule has 2 aliphatic heterocycles. The summed E-state index contributed by atoms with van der Waals surface area (Å²) in [6.45, 7) is 4.52. The van der Waals surface area contributed by atoms with Gasteiger partial charge in [-0.05, 0) is 25.8 Å². The van der Waals surface area contributed by atoms with Gasteiger partial charge < -0.3 is 14.6 Å². The average molecular weight is 221 g/mol. The Balaban J connectivity index is 1.75. The van der Waals surface area contributed by atoms with E-state index in [2.05, 4.69) is 10.3 Å². The second-order valence-electron chi connectivity index (χ2n) is 4.59. The first-order valence-electron chi connectivity index (χ1n) is 5.68. The van der Waals surface area contributed by atoms with E-state index in [9.17, 15) is 4.79 Å². The Morgan fingerprint density at radius 1 is 1.62 bits per heavy atom. The van der Waals surface area contributed by atoms with Crippen molar-refractivity contribution in [2.24, 2.45) is 5.92 Å². The topological polar surface area (TPSA) is 58.4 Å². The lowest BCUT2D eigenvalue weighted by Gasteiger charge is -2.15. The maximum atomic E-state index is 12.1. The molecule has 16 heavy (non-hydrogen) atoms. The summed E-state index contributed by atoms with van der Waals surface area (Å²) < 4.78 is 5.14. The van der Waals surface area contributed by atoms with Gasteiger partial charge in [0.15, 0.2) is 6.39 Å². The highest BCUT2D eigenvalue weighted by atomic mass is 16.3. The molecule has 1 aromatic heterocycles. The summed E-state index contributed by atoms with van der Waals surface area (Å²) in [4.78, 5) is 17.9. The maximum absolute atomic E-state index is 12.1. The molecule has 0 bridgehead atoms. The molecule has 2 fully saturated rings. The Hall–Kier alpha value is -1.36. The molecule has 0 saturated carbocycles. The van der Waals surface area contributed by atoms with Crippen molar-refractivity contribution in [2.75, 3.05) is 19.6 Å². The second kappa shape index (κ2) is 3.59. The minimum absolute atomic E-state index is 0.0220. The Morgan fingerprint density at radius 3 is 3.19 bits per heavy atom. The molecule has 0 aromatic carbocycles. The Labute approximate surface area is 93.8 Å². The Morgan fingerprint density at radius 2 is 2.50 bits per heavy atom. The third-order valence-corrected chi connectivity index (χ3v) is 3.59. The predicted octanol–water partition coefficient (Wildman–Crippen LogP) is 0.417. The zero-order valence-corrected chi connectivity index (χ0v) is 9.27. The molecular weight excluding hydrogens is 206 g/mol. The molecular formula is C11H15N3O2. The molecule has 1 amide bonds. The van der Waals surface area contributed by atoms with Crippen molar-refractivity contribution >= 4 is 5.91 Å². The van der Waals surface area contributed by atoms with Gasteiger partial charge in [-0.3, -0.25) is 4.79 Å². The molecule has 2 aliphatic rings. The van der Waals surface area contributed by atoms with Crippen LogP contribution in [0.1, 0.15) is 22.7 Å². The van der Waals surface area contributed by atoms with Crippen LogP contribution in [0.4, 0.5) is 0 Å². The van der Waals surface area contributed by atoms with Gasteiger partial charge in [0.2, 0.25) is 5.76 Å². The summed E-state index contributed by atoms with van der Waals surface area (Å²) in [6.07, 6.45) is 2.50. The average Bonchev–Trinajstić information content (AvgIpc) is 2.89. The maximum Gasteiger partial charge on any atom is 0.291 e. The van der Waals surface area contributed by atoms with E-state index in [1.165, 1.54) is 12.8 Å². The number of carbonyl (C=O) groups excluding carboxylic acids is 1. The lowest BCUT2D eigenvalue weighted by atomic mass is 10.1. The number of rotatable bonds is 1. The molecule has 1 N–H and O–H groups in total. The van der Waals surface area contributed by atoms with E-state index in [-0.39, 0.29) is 5.91 Å². The van der Waals surface area contributed by atoms with Crippen LogP contribution < -0.4 is 5.32 Å². The van der Waals surface area contributed by atoms with E-state index in [0.29, 0.717) is 23.4 Å². The van der Waals surface area contributed by atoms with Crippen LogP contribution in [0, 0.1) is 12.8 Å². The van der Waals surface area contributed by atoms with Crippen LogP contribution >= 0.6 is 0 Å². The van der Waals surface area contributed by atoms with Crippen LogP contribution in [-0.4, -0.2) is 41.5 Å². The number of likely N-dealkylation sites (tertiary alicyclic amines) is 1. The molecule has 86 valence electrons. The minimum Gasteiger partial charge on any atom is -0.438 e. The minimum atomic E-state index is -0.0220. The van der Waals surface area contributed by atoms with Gasteiger partial charge in [-0.15, -0.1) is 0 Å².